The normalized spacial score (nSPS) is 30.5. The Hall–Kier alpha value is -0.650. The summed E-state index contributed by atoms with van der Waals surface area (Å²) in [5, 5.41) is 20.1. The average Bonchev–Trinajstić information content (AvgIpc) is 2.79. The van der Waals surface area contributed by atoms with Crippen molar-refractivity contribution in [2.45, 2.75) is 57.7 Å². The van der Waals surface area contributed by atoms with E-state index in [0.29, 0.717) is 24.8 Å². The van der Waals surface area contributed by atoms with E-state index in [2.05, 4.69) is 10.2 Å². The van der Waals surface area contributed by atoms with Gasteiger partial charge in [0.1, 0.15) is 0 Å². The SMILES string of the molecule is CC(C)CC(=O)NC1CC(O)C2CCCN2C1.CO. The predicted octanol–water partition coefficient (Wildman–Crippen LogP) is 0.355. The van der Waals surface area contributed by atoms with Gasteiger partial charge < -0.3 is 15.5 Å². The van der Waals surface area contributed by atoms with Gasteiger partial charge in [-0.15, -0.1) is 0 Å². The lowest BCUT2D eigenvalue weighted by molar-refractivity contribution is -0.123. The molecule has 3 atom stereocenters. The molecule has 2 fully saturated rings. The second-order valence-corrected chi connectivity index (χ2v) is 5.87. The Kier molecular flexibility index (Phi) is 6.75. The highest BCUT2D eigenvalue weighted by Gasteiger charge is 2.38. The highest BCUT2D eigenvalue weighted by molar-refractivity contribution is 5.76. The molecule has 5 nitrogen and oxygen atoms in total. The van der Waals surface area contributed by atoms with Crippen LogP contribution in [0.15, 0.2) is 0 Å². The summed E-state index contributed by atoms with van der Waals surface area (Å²) in [5.41, 5.74) is 0. The zero-order valence-corrected chi connectivity index (χ0v) is 12.3. The topological polar surface area (TPSA) is 72.8 Å². The van der Waals surface area contributed by atoms with Crippen molar-refractivity contribution in [1.82, 2.24) is 10.2 Å². The Morgan fingerprint density at radius 2 is 2.11 bits per heavy atom. The van der Waals surface area contributed by atoms with Gasteiger partial charge in [-0.1, -0.05) is 13.8 Å². The van der Waals surface area contributed by atoms with Gasteiger partial charge >= 0.3 is 0 Å². The van der Waals surface area contributed by atoms with E-state index in [4.69, 9.17) is 5.11 Å². The summed E-state index contributed by atoms with van der Waals surface area (Å²) < 4.78 is 0. The van der Waals surface area contributed by atoms with Crippen LogP contribution in [0.1, 0.15) is 39.5 Å². The van der Waals surface area contributed by atoms with E-state index in [1.807, 2.05) is 13.8 Å². The molecule has 2 heterocycles. The fourth-order valence-electron chi connectivity index (χ4n) is 3.08. The highest BCUT2D eigenvalue weighted by atomic mass is 16.3. The number of hydrogen-bond acceptors (Lipinski definition) is 4. The van der Waals surface area contributed by atoms with Gasteiger partial charge in [0.15, 0.2) is 0 Å². The number of rotatable bonds is 3. The van der Waals surface area contributed by atoms with Crippen molar-refractivity contribution in [3.63, 3.8) is 0 Å². The number of carbonyl (C=O) groups excluding carboxylic acids is 1. The molecule has 112 valence electrons. The highest BCUT2D eigenvalue weighted by Crippen LogP contribution is 2.27. The second kappa shape index (κ2) is 7.82. The maximum absolute atomic E-state index is 11.7. The van der Waals surface area contributed by atoms with E-state index in [-0.39, 0.29) is 18.1 Å². The molecule has 3 N–H and O–H groups in total. The largest absolute Gasteiger partial charge is 0.400 e. The predicted molar refractivity (Wildman–Crippen MR) is 74.7 cm³/mol. The molecule has 2 saturated heterocycles. The van der Waals surface area contributed by atoms with Crippen LogP contribution in [0.2, 0.25) is 0 Å². The molecule has 2 aliphatic heterocycles. The molecule has 5 heteroatoms. The molecule has 1 amide bonds. The monoisotopic (exact) mass is 272 g/mol. The average molecular weight is 272 g/mol. The Labute approximate surface area is 116 Å². The summed E-state index contributed by atoms with van der Waals surface area (Å²) in [6, 6.07) is 0.471. The zero-order chi connectivity index (χ0) is 14.4. The van der Waals surface area contributed by atoms with Crippen LogP contribution in [-0.4, -0.2) is 59.4 Å². The Morgan fingerprint density at radius 3 is 2.74 bits per heavy atom. The summed E-state index contributed by atoms with van der Waals surface area (Å²) in [5.74, 6) is 0.512. The fraction of sp³-hybridized carbons (Fsp3) is 0.929. The van der Waals surface area contributed by atoms with Gasteiger partial charge in [-0.3, -0.25) is 9.69 Å². The minimum atomic E-state index is -0.268. The molecule has 0 spiro atoms. The van der Waals surface area contributed by atoms with Crippen molar-refractivity contribution in [2.24, 2.45) is 5.92 Å². The maximum atomic E-state index is 11.7. The van der Waals surface area contributed by atoms with Crippen molar-refractivity contribution in [3.05, 3.63) is 0 Å². The maximum Gasteiger partial charge on any atom is 0.220 e. The summed E-state index contributed by atoms with van der Waals surface area (Å²) in [6.07, 6.45) is 3.30. The number of nitrogens with zero attached hydrogens (tertiary/aromatic N) is 1. The molecule has 0 aromatic heterocycles. The number of carbonyl (C=O) groups is 1. The van der Waals surface area contributed by atoms with E-state index in [1.165, 1.54) is 6.42 Å². The summed E-state index contributed by atoms with van der Waals surface area (Å²) in [6.45, 7) is 6.07. The van der Waals surface area contributed by atoms with E-state index < -0.39 is 0 Å². The number of aliphatic hydroxyl groups excluding tert-OH is 2. The molecule has 19 heavy (non-hydrogen) atoms. The first-order valence-corrected chi connectivity index (χ1v) is 7.22. The van der Waals surface area contributed by atoms with Gasteiger partial charge in [-0.25, -0.2) is 0 Å². The van der Waals surface area contributed by atoms with Crippen LogP contribution >= 0.6 is 0 Å². The first-order valence-electron chi connectivity index (χ1n) is 7.22. The van der Waals surface area contributed by atoms with Crippen LogP contribution in [-0.2, 0) is 4.79 Å². The van der Waals surface area contributed by atoms with Gasteiger partial charge in [0.25, 0.3) is 0 Å². The number of hydrogen-bond donors (Lipinski definition) is 3. The van der Waals surface area contributed by atoms with Crippen LogP contribution in [0, 0.1) is 5.92 Å². The molecule has 2 rings (SSSR count). The van der Waals surface area contributed by atoms with Gasteiger partial charge in [-0.05, 0) is 31.7 Å². The van der Waals surface area contributed by atoms with Gasteiger partial charge in [0.2, 0.25) is 5.91 Å². The smallest absolute Gasteiger partial charge is 0.220 e. The van der Waals surface area contributed by atoms with E-state index in [9.17, 15) is 9.90 Å². The van der Waals surface area contributed by atoms with Crippen LogP contribution in [0.25, 0.3) is 0 Å². The van der Waals surface area contributed by atoms with Gasteiger partial charge in [0, 0.05) is 32.2 Å². The van der Waals surface area contributed by atoms with Crippen molar-refractivity contribution in [1.29, 1.82) is 0 Å². The fourth-order valence-corrected chi connectivity index (χ4v) is 3.08. The third kappa shape index (κ3) is 4.75. The van der Waals surface area contributed by atoms with Crippen LogP contribution in [0.4, 0.5) is 0 Å². The molecular formula is C14H28N2O3. The van der Waals surface area contributed by atoms with Gasteiger partial charge in [0.05, 0.1) is 6.10 Å². The van der Waals surface area contributed by atoms with Crippen molar-refractivity contribution in [3.8, 4) is 0 Å². The van der Waals surface area contributed by atoms with Crippen molar-refractivity contribution in [2.75, 3.05) is 20.2 Å². The van der Waals surface area contributed by atoms with Crippen LogP contribution in [0.5, 0.6) is 0 Å². The molecule has 2 aliphatic rings. The lowest BCUT2D eigenvalue weighted by Gasteiger charge is -2.38. The lowest BCUT2D eigenvalue weighted by atomic mass is 9.95. The minimum Gasteiger partial charge on any atom is -0.400 e. The minimum absolute atomic E-state index is 0.120. The molecule has 0 aliphatic carbocycles. The Morgan fingerprint density at radius 1 is 1.42 bits per heavy atom. The van der Waals surface area contributed by atoms with Crippen LogP contribution < -0.4 is 5.32 Å². The first kappa shape index (κ1) is 16.4. The van der Waals surface area contributed by atoms with Crippen LogP contribution in [0.3, 0.4) is 0 Å². The van der Waals surface area contributed by atoms with Crippen molar-refractivity contribution < 1.29 is 15.0 Å². The number of amides is 1. The number of aliphatic hydroxyl groups is 2. The van der Waals surface area contributed by atoms with Gasteiger partial charge in [-0.2, -0.15) is 0 Å². The third-order valence-electron chi connectivity index (χ3n) is 3.80. The number of fused-ring (bicyclic) bond motifs is 1. The molecule has 0 bridgehead atoms. The molecule has 0 radical (unpaired) electrons. The Bertz CT molecular complexity index is 284. The molecule has 0 aromatic carbocycles. The van der Waals surface area contributed by atoms with E-state index >= 15 is 0 Å². The van der Waals surface area contributed by atoms with E-state index in [1.54, 1.807) is 0 Å². The number of piperidine rings is 1. The standard InChI is InChI=1S/C13H24N2O2.CH4O/c1-9(2)6-13(17)14-10-7-12(16)11-4-3-5-15(11)8-10;1-2/h9-12,16H,3-8H2,1-2H3,(H,14,17);2H,1H3. The molecular weight excluding hydrogens is 244 g/mol. The summed E-state index contributed by atoms with van der Waals surface area (Å²) >= 11 is 0. The number of nitrogens with one attached hydrogen (secondary N) is 1. The van der Waals surface area contributed by atoms with E-state index in [0.717, 1.165) is 26.6 Å². The quantitative estimate of drug-likeness (QED) is 0.693. The summed E-state index contributed by atoms with van der Waals surface area (Å²) in [7, 11) is 1.00. The molecule has 0 saturated carbocycles. The van der Waals surface area contributed by atoms with Crippen molar-refractivity contribution >= 4 is 5.91 Å². The molecule has 3 unspecified atom stereocenters. The Balaban J connectivity index is 0.000000861. The first-order chi connectivity index (χ1) is 9.06. The lowest BCUT2D eigenvalue weighted by Crippen LogP contribution is -2.55. The third-order valence-corrected chi connectivity index (χ3v) is 3.80. The molecule has 0 aromatic rings. The zero-order valence-electron chi connectivity index (χ0n) is 12.3. The summed E-state index contributed by atoms with van der Waals surface area (Å²) in [4.78, 5) is 14.0. The second-order valence-electron chi connectivity index (χ2n) is 5.87.